The molecule has 3 N–H and O–H groups in total. The predicted octanol–water partition coefficient (Wildman–Crippen LogP) is 2.80. The second-order valence-electron chi connectivity index (χ2n) is 6.53. The quantitative estimate of drug-likeness (QED) is 0.821. The van der Waals surface area contributed by atoms with Gasteiger partial charge >= 0.3 is 0 Å². The van der Waals surface area contributed by atoms with Crippen LogP contribution in [0, 0.1) is 13.8 Å². The summed E-state index contributed by atoms with van der Waals surface area (Å²) < 4.78 is 1.97. The number of nitrogens with two attached hydrogens (primary N) is 1. The van der Waals surface area contributed by atoms with Crippen LogP contribution in [0.4, 0.5) is 0 Å². The number of rotatable bonds is 7. The van der Waals surface area contributed by atoms with Gasteiger partial charge in [-0.3, -0.25) is 9.48 Å². The van der Waals surface area contributed by atoms with Gasteiger partial charge in [-0.1, -0.05) is 26.0 Å². The van der Waals surface area contributed by atoms with Crippen LogP contribution in [0.3, 0.4) is 0 Å². The zero-order valence-corrected chi connectivity index (χ0v) is 15.1. The third-order valence-electron chi connectivity index (χ3n) is 4.66. The van der Waals surface area contributed by atoms with E-state index in [1.807, 2.05) is 56.6 Å². The van der Waals surface area contributed by atoms with E-state index in [-0.39, 0.29) is 11.4 Å². The zero-order chi connectivity index (χ0) is 17.7. The fourth-order valence-electron chi connectivity index (χ4n) is 2.63. The minimum atomic E-state index is -0.328. The summed E-state index contributed by atoms with van der Waals surface area (Å²) in [7, 11) is 0. The van der Waals surface area contributed by atoms with E-state index in [1.165, 1.54) is 0 Å². The highest BCUT2D eigenvalue weighted by Crippen LogP contribution is 2.11. The molecule has 1 amide bonds. The summed E-state index contributed by atoms with van der Waals surface area (Å²) in [5.74, 6) is -0.0793. The van der Waals surface area contributed by atoms with Gasteiger partial charge in [0.2, 0.25) is 0 Å². The van der Waals surface area contributed by atoms with E-state index in [0.29, 0.717) is 18.7 Å². The summed E-state index contributed by atoms with van der Waals surface area (Å²) in [6.07, 6.45) is 1.68. The third-order valence-corrected chi connectivity index (χ3v) is 4.66. The first-order valence-corrected chi connectivity index (χ1v) is 8.54. The van der Waals surface area contributed by atoms with Crippen LogP contribution in [0.15, 0.2) is 30.3 Å². The maximum atomic E-state index is 12.3. The number of hydrogen-bond donors (Lipinski definition) is 2. The lowest BCUT2D eigenvalue weighted by molar-refractivity contribution is 0.0942. The highest BCUT2D eigenvalue weighted by Gasteiger charge is 2.21. The Balaban J connectivity index is 1.98. The molecule has 130 valence electrons. The highest BCUT2D eigenvalue weighted by atomic mass is 16.1. The summed E-state index contributed by atoms with van der Waals surface area (Å²) >= 11 is 0. The summed E-state index contributed by atoms with van der Waals surface area (Å²) in [6, 6.07) is 9.71. The molecule has 0 bridgehead atoms. The van der Waals surface area contributed by atoms with Crippen molar-refractivity contribution in [2.24, 2.45) is 5.73 Å². The van der Waals surface area contributed by atoms with Gasteiger partial charge in [0.25, 0.3) is 5.91 Å². The molecule has 1 aromatic carbocycles. The molecule has 0 aliphatic rings. The lowest BCUT2D eigenvalue weighted by Gasteiger charge is -2.26. The standard InChI is InChI=1S/C19H28N4O/c1-5-19(20,6-2)13-21-18(24)17-9-7-16(8-10-17)12-23-15(4)11-14(3)22-23/h7-11H,5-6,12-13,20H2,1-4H3,(H,21,24). The molecule has 0 spiro atoms. The number of aromatic nitrogens is 2. The molecule has 2 aromatic rings. The van der Waals surface area contributed by atoms with Crippen molar-refractivity contribution in [3.63, 3.8) is 0 Å². The van der Waals surface area contributed by atoms with Crippen LogP contribution in [0.25, 0.3) is 0 Å². The third kappa shape index (κ3) is 4.45. The van der Waals surface area contributed by atoms with Crippen molar-refractivity contribution in [1.29, 1.82) is 0 Å². The normalized spacial score (nSPS) is 11.5. The molecule has 0 aliphatic heterocycles. The lowest BCUT2D eigenvalue weighted by Crippen LogP contribution is -2.49. The fourth-order valence-corrected chi connectivity index (χ4v) is 2.63. The number of benzene rings is 1. The number of carbonyl (C=O) groups excluding carboxylic acids is 1. The Labute approximate surface area is 144 Å². The molecule has 0 radical (unpaired) electrons. The first kappa shape index (κ1) is 18.2. The van der Waals surface area contributed by atoms with Crippen LogP contribution in [-0.2, 0) is 6.54 Å². The van der Waals surface area contributed by atoms with Crippen LogP contribution < -0.4 is 11.1 Å². The van der Waals surface area contributed by atoms with E-state index in [9.17, 15) is 4.79 Å². The molecule has 2 rings (SSSR count). The number of aryl methyl sites for hydroxylation is 2. The smallest absolute Gasteiger partial charge is 0.251 e. The first-order chi connectivity index (χ1) is 11.4. The lowest BCUT2D eigenvalue weighted by atomic mass is 9.94. The second-order valence-corrected chi connectivity index (χ2v) is 6.53. The van der Waals surface area contributed by atoms with E-state index in [0.717, 1.165) is 29.8 Å². The Morgan fingerprint density at radius 3 is 2.33 bits per heavy atom. The van der Waals surface area contributed by atoms with Gasteiger partial charge in [0.15, 0.2) is 0 Å². The number of nitrogens with one attached hydrogen (secondary N) is 1. The van der Waals surface area contributed by atoms with Gasteiger partial charge in [0, 0.05) is 23.3 Å². The molecular formula is C19H28N4O. The molecule has 0 aliphatic carbocycles. The molecule has 1 aromatic heterocycles. The van der Waals surface area contributed by atoms with Crippen molar-refractivity contribution in [2.45, 2.75) is 52.6 Å². The van der Waals surface area contributed by atoms with Crippen LogP contribution in [0.5, 0.6) is 0 Å². The van der Waals surface area contributed by atoms with E-state index >= 15 is 0 Å². The molecule has 5 heteroatoms. The molecule has 24 heavy (non-hydrogen) atoms. The van der Waals surface area contributed by atoms with Gasteiger partial charge < -0.3 is 11.1 Å². The van der Waals surface area contributed by atoms with Crippen molar-refractivity contribution in [3.05, 3.63) is 52.8 Å². The maximum Gasteiger partial charge on any atom is 0.251 e. The molecule has 0 saturated heterocycles. The van der Waals surface area contributed by atoms with Crippen LogP contribution >= 0.6 is 0 Å². The van der Waals surface area contributed by atoms with Gasteiger partial charge in [-0.05, 0) is 50.5 Å². The summed E-state index contributed by atoms with van der Waals surface area (Å²) in [5.41, 5.74) is 9.82. The Kier molecular flexibility index (Phi) is 5.78. The predicted molar refractivity (Wildman–Crippen MR) is 97.1 cm³/mol. The van der Waals surface area contributed by atoms with Crippen LogP contribution in [0.1, 0.15) is 54.0 Å². The summed E-state index contributed by atoms with van der Waals surface area (Å²) in [5, 5.41) is 7.40. The van der Waals surface area contributed by atoms with Crippen LogP contribution in [0.2, 0.25) is 0 Å². The van der Waals surface area contributed by atoms with Gasteiger partial charge in [-0.15, -0.1) is 0 Å². The Morgan fingerprint density at radius 2 is 1.83 bits per heavy atom. The summed E-state index contributed by atoms with van der Waals surface area (Å²) in [6.45, 7) is 9.32. The monoisotopic (exact) mass is 328 g/mol. The van der Waals surface area contributed by atoms with E-state index in [2.05, 4.69) is 16.5 Å². The Hall–Kier alpha value is -2.14. The zero-order valence-electron chi connectivity index (χ0n) is 15.1. The van der Waals surface area contributed by atoms with Crippen molar-refractivity contribution in [3.8, 4) is 0 Å². The van der Waals surface area contributed by atoms with Crippen molar-refractivity contribution < 1.29 is 4.79 Å². The second kappa shape index (κ2) is 7.62. The molecule has 1 heterocycles. The number of nitrogens with zero attached hydrogens (tertiary/aromatic N) is 2. The van der Waals surface area contributed by atoms with Gasteiger partial charge in [-0.2, -0.15) is 5.10 Å². The molecule has 0 unspecified atom stereocenters. The number of carbonyl (C=O) groups is 1. The van der Waals surface area contributed by atoms with Gasteiger partial charge in [0.1, 0.15) is 0 Å². The largest absolute Gasteiger partial charge is 0.350 e. The fraction of sp³-hybridized carbons (Fsp3) is 0.474. The van der Waals surface area contributed by atoms with Gasteiger partial charge in [-0.25, -0.2) is 0 Å². The molecule has 0 atom stereocenters. The SMILES string of the molecule is CCC(N)(CC)CNC(=O)c1ccc(Cn2nc(C)cc2C)cc1. The molecular weight excluding hydrogens is 300 g/mol. The average Bonchev–Trinajstić information content (AvgIpc) is 2.90. The molecule has 0 fully saturated rings. The van der Waals surface area contributed by atoms with E-state index in [1.54, 1.807) is 0 Å². The van der Waals surface area contributed by atoms with E-state index < -0.39 is 0 Å². The van der Waals surface area contributed by atoms with E-state index in [4.69, 9.17) is 5.73 Å². The van der Waals surface area contributed by atoms with Crippen molar-refractivity contribution >= 4 is 5.91 Å². The number of hydrogen-bond acceptors (Lipinski definition) is 3. The highest BCUT2D eigenvalue weighted by molar-refractivity contribution is 5.94. The van der Waals surface area contributed by atoms with Crippen molar-refractivity contribution in [1.82, 2.24) is 15.1 Å². The average molecular weight is 328 g/mol. The Morgan fingerprint density at radius 1 is 1.21 bits per heavy atom. The minimum Gasteiger partial charge on any atom is -0.350 e. The Bertz CT molecular complexity index is 684. The first-order valence-electron chi connectivity index (χ1n) is 8.54. The number of amides is 1. The molecule has 0 saturated carbocycles. The topological polar surface area (TPSA) is 72.9 Å². The van der Waals surface area contributed by atoms with Gasteiger partial charge in [0.05, 0.1) is 12.2 Å². The summed E-state index contributed by atoms with van der Waals surface area (Å²) in [4.78, 5) is 12.3. The molecule has 5 nitrogen and oxygen atoms in total. The van der Waals surface area contributed by atoms with Crippen LogP contribution in [-0.4, -0.2) is 27.8 Å². The maximum absolute atomic E-state index is 12.3. The minimum absolute atomic E-state index is 0.0793. The van der Waals surface area contributed by atoms with Crippen molar-refractivity contribution in [2.75, 3.05) is 6.54 Å².